The van der Waals surface area contributed by atoms with Gasteiger partial charge in [0.2, 0.25) is 0 Å². The molecule has 1 aromatic heterocycles. The molecule has 2 heterocycles. The first-order valence-electron chi connectivity index (χ1n) is 6.44. The van der Waals surface area contributed by atoms with Crippen LogP contribution in [0, 0.1) is 5.82 Å². The van der Waals surface area contributed by atoms with Crippen LogP contribution in [0.3, 0.4) is 0 Å². The highest BCUT2D eigenvalue weighted by molar-refractivity contribution is 5.88. The molecule has 104 valence electrons. The van der Waals surface area contributed by atoms with Crippen molar-refractivity contribution < 1.29 is 14.3 Å². The van der Waals surface area contributed by atoms with Gasteiger partial charge in [-0.1, -0.05) is 0 Å². The van der Waals surface area contributed by atoms with Crippen molar-refractivity contribution in [3.05, 3.63) is 23.6 Å². The smallest absolute Gasteiger partial charge is 0.338 e. The quantitative estimate of drug-likeness (QED) is 0.852. The first-order chi connectivity index (χ1) is 9.08. The first-order valence-corrected chi connectivity index (χ1v) is 6.44. The summed E-state index contributed by atoms with van der Waals surface area (Å²) in [5.74, 6) is -2.08. The number of halogens is 1. The number of rotatable bonds is 5. The molecule has 0 aromatic carbocycles. The Bertz CT molecular complexity index is 461. The molecule has 1 unspecified atom stereocenters. The maximum atomic E-state index is 13.9. The second-order valence-electron chi connectivity index (χ2n) is 4.88. The fourth-order valence-electron chi connectivity index (χ4n) is 2.34. The van der Waals surface area contributed by atoms with Crippen LogP contribution in [-0.2, 0) is 0 Å². The molecule has 1 aliphatic heterocycles. The summed E-state index contributed by atoms with van der Waals surface area (Å²) in [6.07, 6.45) is 3.71. The van der Waals surface area contributed by atoms with Crippen LogP contribution >= 0.6 is 0 Å². The van der Waals surface area contributed by atoms with E-state index in [0.29, 0.717) is 0 Å². The minimum Gasteiger partial charge on any atom is -0.478 e. The van der Waals surface area contributed by atoms with Crippen LogP contribution in [0.2, 0.25) is 0 Å². The van der Waals surface area contributed by atoms with Crippen molar-refractivity contribution in [3.8, 4) is 0 Å². The number of hydrogen-bond donors (Lipinski definition) is 2. The average molecular weight is 267 g/mol. The molecule has 1 atom stereocenters. The highest BCUT2D eigenvalue weighted by Gasteiger charge is 2.18. The molecule has 0 saturated carbocycles. The minimum absolute atomic E-state index is 0.00611. The predicted octanol–water partition coefficient (Wildman–Crippen LogP) is 1.82. The van der Waals surface area contributed by atoms with Gasteiger partial charge >= 0.3 is 5.97 Å². The number of likely N-dealkylation sites (tertiary alicyclic amines) is 1. The Labute approximate surface area is 111 Å². The molecule has 0 amide bonds. The Kier molecular flexibility index (Phi) is 4.31. The third kappa shape index (κ3) is 3.41. The largest absolute Gasteiger partial charge is 0.478 e. The molecule has 5 nitrogen and oxygen atoms in total. The van der Waals surface area contributed by atoms with Gasteiger partial charge in [0.1, 0.15) is 5.56 Å². The van der Waals surface area contributed by atoms with E-state index in [0.717, 1.165) is 25.7 Å². The predicted molar refractivity (Wildman–Crippen MR) is 69.9 cm³/mol. The number of carbonyl (C=O) groups is 1. The molecule has 0 bridgehead atoms. The molecule has 1 aliphatic rings. The fourth-order valence-corrected chi connectivity index (χ4v) is 2.34. The second kappa shape index (κ2) is 5.97. The Morgan fingerprint density at radius 2 is 2.26 bits per heavy atom. The molecule has 0 aliphatic carbocycles. The highest BCUT2D eigenvalue weighted by atomic mass is 19.1. The lowest BCUT2D eigenvalue weighted by atomic mass is 10.2. The third-order valence-electron chi connectivity index (χ3n) is 3.23. The van der Waals surface area contributed by atoms with E-state index in [1.807, 2.05) is 6.92 Å². The molecule has 2 rings (SSSR count). The van der Waals surface area contributed by atoms with Crippen LogP contribution in [0.5, 0.6) is 0 Å². The van der Waals surface area contributed by atoms with E-state index in [-0.39, 0.29) is 17.4 Å². The molecule has 0 radical (unpaired) electrons. The van der Waals surface area contributed by atoms with Crippen LogP contribution in [0.25, 0.3) is 0 Å². The summed E-state index contributed by atoms with van der Waals surface area (Å²) in [4.78, 5) is 17.0. The van der Waals surface area contributed by atoms with Gasteiger partial charge in [-0.15, -0.1) is 0 Å². The maximum absolute atomic E-state index is 13.9. The van der Waals surface area contributed by atoms with Crippen molar-refractivity contribution in [1.29, 1.82) is 0 Å². The summed E-state index contributed by atoms with van der Waals surface area (Å²) in [6.45, 7) is 4.87. The Balaban J connectivity index is 2.01. The van der Waals surface area contributed by atoms with E-state index in [1.54, 1.807) is 0 Å². The zero-order valence-electron chi connectivity index (χ0n) is 10.9. The lowest BCUT2D eigenvalue weighted by molar-refractivity contribution is 0.0692. The maximum Gasteiger partial charge on any atom is 0.338 e. The molecule has 1 saturated heterocycles. The molecule has 0 spiro atoms. The normalized spacial score (nSPS) is 17.4. The number of carboxylic acid groups (broad SMARTS) is 1. The molecule has 1 aromatic rings. The number of nitrogens with zero attached hydrogens (tertiary/aromatic N) is 2. The standard InChI is InChI=1S/C13H18FN3O2/c1-9(8-17-6-2-3-7-17)16-12-11(14)10(13(18)19)4-5-15-12/h4-5,9H,2-3,6-8H2,1H3,(H,15,16)(H,18,19). The van der Waals surface area contributed by atoms with E-state index in [1.165, 1.54) is 19.0 Å². The van der Waals surface area contributed by atoms with Gasteiger partial charge in [-0.25, -0.2) is 14.2 Å². The lowest BCUT2D eigenvalue weighted by Gasteiger charge is -2.21. The van der Waals surface area contributed by atoms with E-state index in [2.05, 4.69) is 15.2 Å². The Morgan fingerprint density at radius 3 is 2.89 bits per heavy atom. The molecular formula is C13H18FN3O2. The second-order valence-corrected chi connectivity index (χ2v) is 4.88. The summed E-state index contributed by atoms with van der Waals surface area (Å²) in [5, 5.41) is 11.8. The number of anilines is 1. The van der Waals surface area contributed by atoms with Gasteiger partial charge in [0.25, 0.3) is 0 Å². The molecule has 6 heteroatoms. The average Bonchev–Trinajstić information content (AvgIpc) is 2.84. The van der Waals surface area contributed by atoms with Crippen molar-refractivity contribution in [2.45, 2.75) is 25.8 Å². The highest BCUT2D eigenvalue weighted by Crippen LogP contribution is 2.16. The Morgan fingerprint density at radius 1 is 1.58 bits per heavy atom. The number of nitrogens with one attached hydrogen (secondary N) is 1. The molecule has 1 fully saturated rings. The van der Waals surface area contributed by atoms with Gasteiger partial charge in [-0.05, 0) is 38.9 Å². The van der Waals surface area contributed by atoms with E-state index in [4.69, 9.17) is 5.11 Å². The summed E-state index contributed by atoms with van der Waals surface area (Å²) in [7, 11) is 0. The summed E-state index contributed by atoms with van der Waals surface area (Å²) in [6, 6.07) is 1.18. The van der Waals surface area contributed by atoms with Crippen LogP contribution in [0.4, 0.5) is 10.2 Å². The van der Waals surface area contributed by atoms with Crippen molar-refractivity contribution in [2.24, 2.45) is 0 Å². The van der Waals surface area contributed by atoms with Crippen LogP contribution < -0.4 is 5.32 Å². The summed E-state index contributed by atoms with van der Waals surface area (Å²) >= 11 is 0. The zero-order valence-corrected chi connectivity index (χ0v) is 10.9. The molecule has 2 N–H and O–H groups in total. The van der Waals surface area contributed by atoms with Gasteiger partial charge in [-0.2, -0.15) is 0 Å². The van der Waals surface area contributed by atoms with E-state index in [9.17, 15) is 9.18 Å². The van der Waals surface area contributed by atoms with Crippen LogP contribution in [0.1, 0.15) is 30.1 Å². The van der Waals surface area contributed by atoms with Gasteiger partial charge < -0.3 is 15.3 Å². The van der Waals surface area contributed by atoms with E-state index < -0.39 is 11.8 Å². The number of aromatic nitrogens is 1. The van der Waals surface area contributed by atoms with Gasteiger partial charge in [-0.3, -0.25) is 0 Å². The Hall–Kier alpha value is -1.69. The lowest BCUT2D eigenvalue weighted by Crippen LogP contribution is -2.33. The topological polar surface area (TPSA) is 65.5 Å². The van der Waals surface area contributed by atoms with Crippen molar-refractivity contribution in [3.63, 3.8) is 0 Å². The van der Waals surface area contributed by atoms with Crippen LogP contribution in [0.15, 0.2) is 12.3 Å². The summed E-state index contributed by atoms with van der Waals surface area (Å²) < 4.78 is 13.9. The number of pyridine rings is 1. The monoisotopic (exact) mass is 267 g/mol. The van der Waals surface area contributed by atoms with Crippen molar-refractivity contribution >= 4 is 11.8 Å². The number of aromatic carboxylic acids is 1. The number of carboxylic acids is 1. The van der Waals surface area contributed by atoms with E-state index >= 15 is 0 Å². The van der Waals surface area contributed by atoms with Gasteiger partial charge in [0, 0.05) is 18.8 Å². The van der Waals surface area contributed by atoms with Crippen molar-refractivity contribution in [1.82, 2.24) is 9.88 Å². The van der Waals surface area contributed by atoms with Crippen LogP contribution in [-0.4, -0.2) is 46.6 Å². The van der Waals surface area contributed by atoms with Gasteiger partial charge in [0.05, 0.1) is 0 Å². The van der Waals surface area contributed by atoms with Crippen molar-refractivity contribution in [2.75, 3.05) is 25.0 Å². The summed E-state index contributed by atoms with van der Waals surface area (Å²) in [5.41, 5.74) is -0.356. The SMILES string of the molecule is CC(CN1CCCC1)Nc1nccc(C(=O)O)c1F. The minimum atomic E-state index is -1.28. The molecular weight excluding hydrogens is 249 g/mol. The first kappa shape index (κ1) is 13.7. The fraction of sp³-hybridized carbons (Fsp3) is 0.538. The molecule has 19 heavy (non-hydrogen) atoms. The third-order valence-corrected chi connectivity index (χ3v) is 3.23. The number of hydrogen-bond acceptors (Lipinski definition) is 4. The zero-order chi connectivity index (χ0) is 13.8. The van der Waals surface area contributed by atoms with Gasteiger partial charge in [0.15, 0.2) is 11.6 Å².